The van der Waals surface area contributed by atoms with Gasteiger partial charge >= 0.3 is 5.69 Å². The van der Waals surface area contributed by atoms with Gasteiger partial charge in [0.15, 0.2) is 11.2 Å². The first kappa shape index (κ1) is 23.8. The molecule has 1 aliphatic rings. The molecule has 0 unspecified atom stereocenters. The van der Waals surface area contributed by atoms with Crippen molar-refractivity contribution in [2.24, 2.45) is 14.1 Å². The summed E-state index contributed by atoms with van der Waals surface area (Å²) in [7, 11) is 3.08. The van der Waals surface area contributed by atoms with Crippen molar-refractivity contribution in [3.63, 3.8) is 0 Å². The number of imidazole rings is 1. The van der Waals surface area contributed by atoms with Gasteiger partial charge in [-0.15, -0.1) is 0 Å². The molecular weight excluding hydrogens is 511 g/mol. The van der Waals surface area contributed by atoms with Gasteiger partial charge in [-0.05, 0) is 30.3 Å². The minimum atomic E-state index is -0.430. The highest BCUT2D eigenvalue weighted by molar-refractivity contribution is 6.36. The molecule has 11 heteroatoms. The highest BCUT2D eigenvalue weighted by Crippen LogP contribution is 2.30. The fourth-order valence-corrected chi connectivity index (χ4v) is 5.21. The van der Waals surface area contributed by atoms with E-state index in [1.165, 1.54) is 11.6 Å². The van der Waals surface area contributed by atoms with Crippen LogP contribution in [0.25, 0.3) is 11.2 Å². The van der Waals surface area contributed by atoms with E-state index < -0.39 is 11.2 Å². The summed E-state index contributed by atoms with van der Waals surface area (Å²) in [6.45, 7) is 3.06. The molecule has 5 rings (SSSR count). The highest BCUT2D eigenvalue weighted by atomic mass is 35.5. The summed E-state index contributed by atoms with van der Waals surface area (Å²) in [6.07, 6.45) is 0. The lowest BCUT2D eigenvalue weighted by Crippen LogP contribution is -2.47. The Labute approximate surface area is 216 Å². The zero-order valence-electron chi connectivity index (χ0n) is 19.2. The van der Waals surface area contributed by atoms with Crippen LogP contribution in [0, 0.1) is 0 Å². The number of rotatable bonds is 4. The summed E-state index contributed by atoms with van der Waals surface area (Å²) in [6, 6.07) is 13.1. The van der Waals surface area contributed by atoms with Gasteiger partial charge in [0.05, 0.1) is 6.54 Å². The fraction of sp³-hybridized carbons (Fsp3) is 0.292. The lowest BCUT2D eigenvalue weighted by atomic mass is 10.2. The number of aromatic nitrogens is 4. The predicted octanol–water partition coefficient (Wildman–Crippen LogP) is 3.77. The molecule has 35 heavy (non-hydrogen) atoms. The van der Waals surface area contributed by atoms with E-state index in [1.54, 1.807) is 25.2 Å². The SMILES string of the molecule is Cn1c(=O)c2c(nc(N3CCN(c4cccc(Cl)c4)CC3)n2Cc2c(Cl)cccc2Cl)n(C)c1=O. The Hall–Kier alpha value is -2.94. The van der Waals surface area contributed by atoms with Gasteiger partial charge in [-0.2, -0.15) is 4.98 Å². The van der Waals surface area contributed by atoms with E-state index in [-0.39, 0.29) is 6.54 Å². The maximum atomic E-state index is 13.2. The zero-order chi connectivity index (χ0) is 24.9. The first-order valence-electron chi connectivity index (χ1n) is 11.1. The van der Waals surface area contributed by atoms with Gasteiger partial charge in [0.2, 0.25) is 5.95 Å². The first-order valence-corrected chi connectivity index (χ1v) is 12.2. The monoisotopic (exact) mass is 532 g/mol. The van der Waals surface area contributed by atoms with Crippen molar-refractivity contribution in [3.8, 4) is 0 Å². The fourth-order valence-electron chi connectivity index (χ4n) is 4.51. The number of nitrogens with zero attached hydrogens (tertiary/aromatic N) is 6. The summed E-state index contributed by atoms with van der Waals surface area (Å²) < 4.78 is 4.31. The summed E-state index contributed by atoms with van der Waals surface area (Å²) in [5.74, 6) is 0.597. The second-order valence-electron chi connectivity index (χ2n) is 8.53. The topological polar surface area (TPSA) is 68.3 Å². The molecule has 1 saturated heterocycles. The Kier molecular flexibility index (Phi) is 6.29. The van der Waals surface area contributed by atoms with Gasteiger partial charge in [0.1, 0.15) is 0 Å². The van der Waals surface area contributed by atoms with Gasteiger partial charge in [-0.25, -0.2) is 4.79 Å². The molecule has 4 aromatic rings. The van der Waals surface area contributed by atoms with Crippen LogP contribution in [0.3, 0.4) is 0 Å². The van der Waals surface area contributed by atoms with Crippen LogP contribution >= 0.6 is 34.8 Å². The van der Waals surface area contributed by atoms with Gasteiger partial charge in [-0.3, -0.25) is 18.5 Å². The van der Waals surface area contributed by atoms with E-state index >= 15 is 0 Å². The number of fused-ring (bicyclic) bond motifs is 1. The first-order chi connectivity index (χ1) is 16.8. The molecule has 0 amide bonds. The van der Waals surface area contributed by atoms with Crippen molar-refractivity contribution in [1.29, 1.82) is 0 Å². The molecule has 0 bridgehead atoms. The number of hydrogen-bond donors (Lipinski definition) is 0. The molecule has 8 nitrogen and oxygen atoms in total. The van der Waals surface area contributed by atoms with Crippen LogP contribution in [0.5, 0.6) is 0 Å². The summed E-state index contributed by atoms with van der Waals surface area (Å²) in [5.41, 5.74) is 1.56. The zero-order valence-corrected chi connectivity index (χ0v) is 21.5. The van der Waals surface area contributed by atoms with Crippen molar-refractivity contribution < 1.29 is 0 Å². The molecule has 1 aliphatic heterocycles. The van der Waals surface area contributed by atoms with E-state index in [1.807, 2.05) is 28.8 Å². The van der Waals surface area contributed by atoms with Crippen LogP contribution in [0.2, 0.25) is 15.1 Å². The second-order valence-corrected chi connectivity index (χ2v) is 9.78. The summed E-state index contributed by atoms with van der Waals surface area (Å²) in [4.78, 5) is 35.0. The third kappa shape index (κ3) is 4.20. The Morgan fingerprint density at radius 3 is 2.14 bits per heavy atom. The van der Waals surface area contributed by atoms with Crippen LogP contribution in [-0.2, 0) is 20.6 Å². The minimum Gasteiger partial charge on any atom is -0.368 e. The number of piperazine rings is 1. The number of aryl methyl sites for hydroxylation is 1. The van der Waals surface area contributed by atoms with Crippen LogP contribution < -0.4 is 21.0 Å². The number of hydrogen-bond acceptors (Lipinski definition) is 5. The predicted molar refractivity (Wildman–Crippen MR) is 142 cm³/mol. The third-order valence-electron chi connectivity index (χ3n) is 6.44. The van der Waals surface area contributed by atoms with Crippen LogP contribution in [0.15, 0.2) is 52.1 Å². The number of halogens is 3. The Bertz CT molecular complexity index is 1530. The molecule has 182 valence electrons. The maximum Gasteiger partial charge on any atom is 0.332 e. The van der Waals surface area contributed by atoms with Gasteiger partial charge in [0, 0.05) is 66.6 Å². The molecule has 2 aromatic heterocycles. The number of benzene rings is 2. The average molecular weight is 534 g/mol. The molecule has 0 N–H and O–H groups in total. The average Bonchev–Trinajstić information content (AvgIpc) is 3.23. The highest BCUT2D eigenvalue weighted by Gasteiger charge is 2.26. The van der Waals surface area contributed by atoms with Crippen molar-refractivity contribution >= 4 is 57.6 Å². The quantitative estimate of drug-likeness (QED) is 0.400. The molecule has 3 heterocycles. The Morgan fingerprint density at radius 2 is 1.49 bits per heavy atom. The Morgan fingerprint density at radius 1 is 0.857 bits per heavy atom. The lowest BCUT2D eigenvalue weighted by molar-refractivity contribution is 0.625. The second kappa shape index (κ2) is 9.26. The van der Waals surface area contributed by atoms with Crippen LogP contribution in [-0.4, -0.2) is 44.9 Å². The van der Waals surface area contributed by atoms with E-state index in [2.05, 4.69) is 9.80 Å². The van der Waals surface area contributed by atoms with Crippen molar-refractivity contribution in [2.75, 3.05) is 36.0 Å². The van der Waals surface area contributed by atoms with Crippen LogP contribution in [0.4, 0.5) is 11.6 Å². The molecule has 0 saturated carbocycles. The van der Waals surface area contributed by atoms with Gasteiger partial charge in [-0.1, -0.05) is 46.9 Å². The maximum absolute atomic E-state index is 13.2. The smallest absolute Gasteiger partial charge is 0.332 e. The van der Waals surface area contributed by atoms with Crippen molar-refractivity contribution in [2.45, 2.75) is 6.54 Å². The van der Waals surface area contributed by atoms with Crippen LogP contribution in [0.1, 0.15) is 5.56 Å². The van der Waals surface area contributed by atoms with Crippen molar-refractivity contribution in [3.05, 3.63) is 83.9 Å². The normalized spacial score (nSPS) is 14.2. The number of anilines is 2. The molecule has 0 spiro atoms. The lowest BCUT2D eigenvalue weighted by Gasteiger charge is -2.36. The molecule has 0 radical (unpaired) electrons. The van der Waals surface area contributed by atoms with Crippen molar-refractivity contribution in [1.82, 2.24) is 18.7 Å². The van der Waals surface area contributed by atoms with E-state index in [4.69, 9.17) is 39.8 Å². The van der Waals surface area contributed by atoms with Gasteiger partial charge in [0.25, 0.3) is 5.56 Å². The molecule has 0 atom stereocenters. The summed E-state index contributed by atoms with van der Waals surface area (Å²) >= 11 is 19.1. The standard InChI is InChI=1S/C24H23Cl3N6O2/c1-29-21-20(22(34)30(2)24(29)35)33(14-17-18(26)7-4-8-19(17)27)23(28-21)32-11-9-31(10-12-32)16-6-3-5-15(25)13-16/h3-8,13H,9-12,14H2,1-2H3. The largest absolute Gasteiger partial charge is 0.368 e. The van der Waals surface area contributed by atoms with E-state index in [0.717, 1.165) is 23.3 Å². The molecule has 2 aromatic carbocycles. The van der Waals surface area contributed by atoms with Gasteiger partial charge < -0.3 is 9.80 Å². The molecule has 0 aliphatic carbocycles. The molecule has 1 fully saturated rings. The van der Waals surface area contributed by atoms with E-state index in [0.29, 0.717) is 50.8 Å². The third-order valence-corrected chi connectivity index (χ3v) is 7.38. The van der Waals surface area contributed by atoms with E-state index in [9.17, 15) is 9.59 Å². The minimum absolute atomic E-state index is 0.242. The Balaban J connectivity index is 1.59. The molecular formula is C24H23Cl3N6O2. The summed E-state index contributed by atoms with van der Waals surface area (Å²) in [5, 5.41) is 1.69.